The lowest BCUT2D eigenvalue weighted by atomic mass is 9.91. The molecule has 1 aliphatic heterocycles. The van der Waals surface area contributed by atoms with Crippen molar-refractivity contribution in [1.82, 2.24) is 19.3 Å². The fourth-order valence-electron chi connectivity index (χ4n) is 4.30. The largest absolute Gasteiger partial charge is 0.304 e. The van der Waals surface area contributed by atoms with Crippen LogP contribution in [-0.4, -0.2) is 26.3 Å². The van der Waals surface area contributed by atoms with Gasteiger partial charge in [0.05, 0.1) is 29.5 Å². The van der Waals surface area contributed by atoms with E-state index in [4.69, 9.17) is 10.2 Å². The van der Waals surface area contributed by atoms with Gasteiger partial charge in [-0.1, -0.05) is 12.1 Å². The Morgan fingerprint density at radius 1 is 1.19 bits per heavy atom. The molecule has 4 rings (SSSR count). The normalized spacial score (nSPS) is 20.6. The number of piperidine rings is 1. The van der Waals surface area contributed by atoms with Crippen molar-refractivity contribution in [2.24, 2.45) is 0 Å². The molecule has 0 N–H and O–H groups in total. The van der Waals surface area contributed by atoms with Gasteiger partial charge < -0.3 is 4.40 Å². The Morgan fingerprint density at radius 2 is 2.04 bits per heavy atom. The summed E-state index contributed by atoms with van der Waals surface area (Å²) in [5.74, 6) is 0. The molecule has 0 aromatic carbocycles. The van der Waals surface area contributed by atoms with Crippen molar-refractivity contribution in [3.63, 3.8) is 0 Å². The van der Waals surface area contributed by atoms with Crippen LogP contribution in [0.5, 0.6) is 0 Å². The molecule has 0 saturated carbocycles. The average Bonchev–Trinajstić information content (AvgIpc) is 3.12. The van der Waals surface area contributed by atoms with Gasteiger partial charge in [0.25, 0.3) is 0 Å². The highest BCUT2D eigenvalue weighted by Gasteiger charge is 2.32. The van der Waals surface area contributed by atoms with E-state index >= 15 is 0 Å². The third kappa shape index (κ3) is 3.33. The van der Waals surface area contributed by atoms with E-state index in [0.29, 0.717) is 12.5 Å². The number of aryl methyl sites for hydroxylation is 2. The Labute approximate surface area is 160 Å². The number of nitrogens with zero attached hydrogens (tertiary/aromatic N) is 5. The van der Waals surface area contributed by atoms with Gasteiger partial charge in [0.2, 0.25) is 0 Å². The van der Waals surface area contributed by atoms with Crippen LogP contribution in [0.4, 0.5) is 0 Å². The molecular weight excluding hydrogens is 334 g/mol. The minimum Gasteiger partial charge on any atom is -0.304 e. The van der Waals surface area contributed by atoms with Gasteiger partial charge in [-0.25, -0.2) is 4.98 Å². The van der Waals surface area contributed by atoms with E-state index in [1.807, 2.05) is 24.4 Å². The van der Waals surface area contributed by atoms with Crippen LogP contribution in [0, 0.1) is 18.3 Å². The number of aromatic nitrogens is 3. The minimum atomic E-state index is 0.286. The van der Waals surface area contributed by atoms with Gasteiger partial charge in [0, 0.05) is 30.9 Å². The maximum absolute atomic E-state index is 8.92. The highest BCUT2D eigenvalue weighted by Crippen LogP contribution is 2.40. The van der Waals surface area contributed by atoms with Crippen LogP contribution in [0.2, 0.25) is 0 Å². The van der Waals surface area contributed by atoms with Gasteiger partial charge in [-0.3, -0.25) is 9.88 Å². The molecule has 0 amide bonds. The molecule has 3 aromatic heterocycles. The average molecular weight is 359 g/mol. The van der Waals surface area contributed by atoms with Crippen molar-refractivity contribution in [3.8, 4) is 6.07 Å². The third-order valence-electron chi connectivity index (χ3n) is 5.73. The van der Waals surface area contributed by atoms with Crippen molar-refractivity contribution >= 4 is 5.65 Å². The molecule has 4 heterocycles. The number of rotatable bonds is 4. The second-order valence-electron chi connectivity index (χ2n) is 7.40. The quantitative estimate of drug-likeness (QED) is 0.693. The molecule has 5 nitrogen and oxygen atoms in total. The first-order valence-corrected chi connectivity index (χ1v) is 9.66. The first-order chi connectivity index (χ1) is 13.2. The van der Waals surface area contributed by atoms with Crippen molar-refractivity contribution in [1.29, 1.82) is 5.26 Å². The zero-order valence-electron chi connectivity index (χ0n) is 16.0. The molecular formula is C22H25N5. The third-order valence-corrected chi connectivity index (χ3v) is 5.73. The monoisotopic (exact) mass is 359 g/mol. The summed E-state index contributed by atoms with van der Waals surface area (Å²) in [4.78, 5) is 12.0. The van der Waals surface area contributed by atoms with Crippen LogP contribution in [0.15, 0.2) is 42.7 Å². The van der Waals surface area contributed by atoms with E-state index in [9.17, 15) is 0 Å². The zero-order chi connectivity index (χ0) is 18.8. The van der Waals surface area contributed by atoms with Gasteiger partial charge in [-0.05, 0) is 57.0 Å². The van der Waals surface area contributed by atoms with E-state index in [-0.39, 0.29) is 6.04 Å². The van der Waals surface area contributed by atoms with Crippen molar-refractivity contribution in [3.05, 3.63) is 65.4 Å². The first-order valence-electron chi connectivity index (χ1n) is 9.66. The maximum atomic E-state index is 8.92. The topological polar surface area (TPSA) is 57.2 Å². The number of pyridine rings is 2. The summed E-state index contributed by atoms with van der Waals surface area (Å²) in [6, 6.07) is 13.2. The molecule has 1 saturated heterocycles. The number of hydrogen-bond donors (Lipinski definition) is 0. The van der Waals surface area contributed by atoms with Gasteiger partial charge in [0.1, 0.15) is 5.65 Å². The number of imidazole rings is 1. The van der Waals surface area contributed by atoms with Crippen LogP contribution in [0.3, 0.4) is 0 Å². The molecule has 1 aliphatic rings. The molecule has 138 valence electrons. The van der Waals surface area contributed by atoms with Crippen LogP contribution < -0.4 is 0 Å². The second kappa shape index (κ2) is 7.50. The predicted molar refractivity (Wildman–Crippen MR) is 105 cm³/mol. The summed E-state index contributed by atoms with van der Waals surface area (Å²) in [5.41, 5.74) is 5.65. The Hall–Kier alpha value is -2.71. The van der Waals surface area contributed by atoms with E-state index in [2.05, 4.69) is 52.7 Å². The highest BCUT2D eigenvalue weighted by molar-refractivity contribution is 5.42. The van der Waals surface area contributed by atoms with Crippen molar-refractivity contribution in [2.45, 2.75) is 51.1 Å². The molecule has 5 heteroatoms. The van der Waals surface area contributed by atoms with Crippen LogP contribution >= 0.6 is 0 Å². The summed E-state index contributed by atoms with van der Waals surface area (Å²) in [7, 11) is 2.20. The number of fused-ring (bicyclic) bond motifs is 1. The number of likely N-dealkylation sites (tertiary alicyclic amines) is 1. The van der Waals surface area contributed by atoms with E-state index in [1.54, 1.807) is 0 Å². The Morgan fingerprint density at radius 3 is 2.85 bits per heavy atom. The summed E-state index contributed by atoms with van der Waals surface area (Å²) in [5, 5.41) is 8.92. The van der Waals surface area contributed by atoms with Crippen LogP contribution in [-0.2, 0) is 6.42 Å². The second-order valence-corrected chi connectivity index (χ2v) is 7.40. The first kappa shape index (κ1) is 17.7. The molecule has 3 aromatic rings. The fraction of sp³-hybridized carbons (Fsp3) is 0.409. The van der Waals surface area contributed by atoms with Gasteiger partial charge >= 0.3 is 0 Å². The lowest BCUT2D eigenvalue weighted by Gasteiger charge is -2.39. The Bertz CT molecular complexity index is 984. The van der Waals surface area contributed by atoms with E-state index < -0.39 is 0 Å². The molecule has 0 unspecified atom stereocenters. The molecule has 0 bridgehead atoms. The Balaban J connectivity index is 1.66. The minimum absolute atomic E-state index is 0.286. The van der Waals surface area contributed by atoms with Crippen molar-refractivity contribution in [2.75, 3.05) is 7.05 Å². The molecule has 1 fully saturated rings. The zero-order valence-corrected chi connectivity index (χ0v) is 16.0. The van der Waals surface area contributed by atoms with Crippen LogP contribution in [0.1, 0.15) is 60.4 Å². The summed E-state index contributed by atoms with van der Waals surface area (Å²) in [6.07, 6.45) is 8.74. The number of hydrogen-bond acceptors (Lipinski definition) is 4. The molecule has 0 aliphatic carbocycles. The predicted octanol–water partition coefficient (Wildman–Crippen LogP) is 4.39. The summed E-state index contributed by atoms with van der Waals surface area (Å²) < 4.78 is 2.15. The highest BCUT2D eigenvalue weighted by atomic mass is 15.2. The van der Waals surface area contributed by atoms with Gasteiger partial charge in [0.15, 0.2) is 0 Å². The maximum Gasteiger partial charge on any atom is 0.137 e. The molecule has 0 radical (unpaired) electrons. The number of nitriles is 1. The summed E-state index contributed by atoms with van der Waals surface area (Å²) >= 11 is 0. The van der Waals surface area contributed by atoms with Crippen molar-refractivity contribution < 1.29 is 0 Å². The fourth-order valence-corrected chi connectivity index (χ4v) is 4.30. The smallest absolute Gasteiger partial charge is 0.137 e. The van der Waals surface area contributed by atoms with Crippen LogP contribution in [0.25, 0.3) is 5.65 Å². The van der Waals surface area contributed by atoms with E-state index in [1.165, 1.54) is 17.7 Å². The molecule has 0 spiro atoms. The Kier molecular flexibility index (Phi) is 4.91. The van der Waals surface area contributed by atoms with Gasteiger partial charge in [-0.2, -0.15) is 5.26 Å². The summed E-state index contributed by atoms with van der Waals surface area (Å²) in [6.45, 7) is 2.15. The molecule has 2 atom stereocenters. The lowest BCUT2D eigenvalue weighted by molar-refractivity contribution is 0.109. The van der Waals surface area contributed by atoms with E-state index in [0.717, 1.165) is 36.3 Å². The molecule has 27 heavy (non-hydrogen) atoms. The SMILES string of the molecule is Cc1cccnc1[C@@H]1CCC[C@H](c2cn3c(CCC#N)cccc3n2)N1C. The van der Waals surface area contributed by atoms with Gasteiger partial charge in [-0.15, -0.1) is 0 Å². The lowest BCUT2D eigenvalue weighted by Crippen LogP contribution is -2.34. The standard InChI is InChI=1S/C22H25N5/c1-16-7-6-14-24-22(16)20-11-4-10-19(26(20)2)18-15-27-17(9-5-13-23)8-3-12-21(27)25-18/h3,6-8,12,14-15,19-20H,4-5,9-11H2,1-2H3/t19-,20+/m1/s1.